The van der Waals surface area contributed by atoms with E-state index in [1.165, 1.54) is 6.07 Å². The van der Waals surface area contributed by atoms with Gasteiger partial charge in [-0.2, -0.15) is 0 Å². The van der Waals surface area contributed by atoms with Crippen LogP contribution in [0.25, 0.3) is 5.69 Å². The second-order valence-electron chi connectivity index (χ2n) is 4.09. The van der Waals surface area contributed by atoms with E-state index in [-0.39, 0.29) is 11.7 Å². The van der Waals surface area contributed by atoms with Crippen molar-refractivity contribution in [2.45, 2.75) is 0 Å². The summed E-state index contributed by atoms with van der Waals surface area (Å²) in [5.41, 5.74) is 0.859. The average Bonchev–Trinajstić information content (AvgIpc) is 2.82. The molecule has 0 saturated carbocycles. The zero-order valence-electron chi connectivity index (χ0n) is 10.2. The number of hydrogen-bond donors (Lipinski definition) is 0. The molecule has 3 heteroatoms. The van der Waals surface area contributed by atoms with Gasteiger partial charge in [0, 0.05) is 11.9 Å². The first-order valence-corrected chi connectivity index (χ1v) is 6.00. The minimum atomic E-state index is -0.382. The number of para-hydroxylation sites is 2. The Morgan fingerprint density at radius 2 is 1.42 bits per heavy atom. The smallest absolute Gasteiger partial charge is 0.240 e. The van der Waals surface area contributed by atoms with Gasteiger partial charge in [-0.1, -0.05) is 36.4 Å². The van der Waals surface area contributed by atoms with Gasteiger partial charge in [0.15, 0.2) is 5.82 Å². The van der Waals surface area contributed by atoms with Gasteiger partial charge in [0.1, 0.15) is 5.75 Å². The van der Waals surface area contributed by atoms with Crippen LogP contribution in [0.15, 0.2) is 72.9 Å². The lowest BCUT2D eigenvalue weighted by atomic mass is 10.3. The molecule has 2 aromatic carbocycles. The van der Waals surface area contributed by atoms with Crippen LogP contribution in [-0.2, 0) is 0 Å². The normalized spacial score (nSPS) is 10.4. The Hall–Kier alpha value is -2.55. The van der Waals surface area contributed by atoms with Crippen molar-refractivity contribution in [3.63, 3.8) is 0 Å². The molecule has 0 amide bonds. The molecule has 94 valence electrons. The van der Waals surface area contributed by atoms with E-state index in [0.717, 1.165) is 5.69 Å². The van der Waals surface area contributed by atoms with E-state index in [1.807, 2.05) is 48.5 Å². The maximum absolute atomic E-state index is 13.8. The van der Waals surface area contributed by atoms with Gasteiger partial charge in [0.05, 0.1) is 0 Å². The zero-order chi connectivity index (χ0) is 13.1. The van der Waals surface area contributed by atoms with Crippen LogP contribution in [0.1, 0.15) is 0 Å². The first kappa shape index (κ1) is 11.5. The minimum Gasteiger partial charge on any atom is -0.437 e. The molecule has 0 saturated heterocycles. The zero-order valence-corrected chi connectivity index (χ0v) is 10.2. The lowest BCUT2D eigenvalue weighted by Crippen LogP contribution is -1.97. The van der Waals surface area contributed by atoms with Crippen LogP contribution in [0.3, 0.4) is 0 Å². The summed E-state index contributed by atoms with van der Waals surface area (Å²) in [7, 11) is 0. The highest BCUT2D eigenvalue weighted by atomic mass is 19.1. The van der Waals surface area contributed by atoms with Crippen molar-refractivity contribution < 1.29 is 9.13 Å². The van der Waals surface area contributed by atoms with Crippen LogP contribution in [0.5, 0.6) is 11.6 Å². The summed E-state index contributed by atoms with van der Waals surface area (Å²) in [6.45, 7) is 0. The summed E-state index contributed by atoms with van der Waals surface area (Å²) in [6, 6.07) is 20.1. The maximum atomic E-state index is 13.8. The van der Waals surface area contributed by atoms with E-state index in [4.69, 9.17) is 4.74 Å². The molecule has 0 spiro atoms. The van der Waals surface area contributed by atoms with Gasteiger partial charge >= 0.3 is 0 Å². The first-order chi connectivity index (χ1) is 9.34. The molecular weight excluding hydrogens is 241 g/mol. The van der Waals surface area contributed by atoms with E-state index in [0.29, 0.717) is 5.75 Å². The predicted molar refractivity (Wildman–Crippen MR) is 72.2 cm³/mol. The number of nitrogens with zero attached hydrogens (tertiary/aromatic N) is 1. The van der Waals surface area contributed by atoms with E-state index >= 15 is 0 Å². The average molecular weight is 253 g/mol. The molecule has 0 aliphatic heterocycles. The van der Waals surface area contributed by atoms with Gasteiger partial charge in [0.25, 0.3) is 0 Å². The molecule has 1 heterocycles. The molecule has 0 bridgehead atoms. The molecule has 0 N–H and O–H groups in total. The van der Waals surface area contributed by atoms with Crippen molar-refractivity contribution in [2.75, 3.05) is 0 Å². The summed E-state index contributed by atoms with van der Waals surface area (Å²) < 4.78 is 21.1. The minimum absolute atomic E-state index is 0.192. The Labute approximate surface area is 110 Å². The Kier molecular flexibility index (Phi) is 3.02. The monoisotopic (exact) mass is 253 g/mol. The highest BCUT2D eigenvalue weighted by Gasteiger charge is 2.12. The largest absolute Gasteiger partial charge is 0.437 e. The Bertz CT molecular complexity index is 662. The van der Waals surface area contributed by atoms with E-state index in [9.17, 15) is 4.39 Å². The molecule has 0 aliphatic rings. The number of hydrogen-bond acceptors (Lipinski definition) is 1. The summed E-state index contributed by atoms with van der Waals surface area (Å²) >= 11 is 0. The van der Waals surface area contributed by atoms with Gasteiger partial charge in [-0.25, -0.2) is 4.39 Å². The number of ether oxygens (including phenoxy) is 1. The SMILES string of the molecule is Fc1ccn(-c2ccccc2)c1Oc1ccccc1. The molecule has 0 unspecified atom stereocenters. The third-order valence-corrected chi connectivity index (χ3v) is 2.79. The highest BCUT2D eigenvalue weighted by Crippen LogP contribution is 2.28. The molecule has 3 rings (SSSR count). The van der Waals surface area contributed by atoms with E-state index in [2.05, 4.69) is 0 Å². The quantitative estimate of drug-likeness (QED) is 0.674. The molecule has 19 heavy (non-hydrogen) atoms. The fourth-order valence-electron chi connectivity index (χ4n) is 1.88. The molecule has 0 fully saturated rings. The van der Waals surface area contributed by atoms with Crippen molar-refractivity contribution >= 4 is 0 Å². The van der Waals surface area contributed by atoms with Gasteiger partial charge in [0.2, 0.25) is 5.88 Å². The Balaban J connectivity index is 2.00. The third kappa shape index (κ3) is 2.36. The molecule has 3 aromatic rings. The second kappa shape index (κ2) is 4.98. The molecule has 0 aliphatic carbocycles. The second-order valence-corrected chi connectivity index (χ2v) is 4.09. The lowest BCUT2D eigenvalue weighted by molar-refractivity contribution is 0.418. The molecule has 2 nitrogen and oxygen atoms in total. The number of rotatable bonds is 3. The van der Waals surface area contributed by atoms with E-state index in [1.54, 1.807) is 22.9 Å². The number of aromatic nitrogens is 1. The fourth-order valence-corrected chi connectivity index (χ4v) is 1.88. The van der Waals surface area contributed by atoms with Crippen LogP contribution in [0, 0.1) is 5.82 Å². The van der Waals surface area contributed by atoms with Gasteiger partial charge in [-0.15, -0.1) is 0 Å². The van der Waals surface area contributed by atoms with Crippen molar-refractivity contribution in [2.24, 2.45) is 0 Å². The van der Waals surface area contributed by atoms with Gasteiger partial charge in [-0.3, -0.25) is 4.57 Å². The lowest BCUT2D eigenvalue weighted by Gasteiger charge is -2.10. The molecule has 1 aromatic heterocycles. The van der Waals surface area contributed by atoms with Crippen LogP contribution in [-0.4, -0.2) is 4.57 Å². The number of benzene rings is 2. The fraction of sp³-hybridized carbons (Fsp3) is 0. The third-order valence-electron chi connectivity index (χ3n) is 2.79. The van der Waals surface area contributed by atoms with Crippen LogP contribution < -0.4 is 4.74 Å². The van der Waals surface area contributed by atoms with Crippen molar-refractivity contribution in [1.82, 2.24) is 4.57 Å². The topological polar surface area (TPSA) is 14.2 Å². The van der Waals surface area contributed by atoms with Gasteiger partial charge in [-0.05, 0) is 30.3 Å². The Morgan fingerprint density at radius 3 is 2.11 bits per heavy atom. The maximum Gasteiger partial charge on any atom is 0.240 e. The standard InChI is InChI=1S/C16H12FNO/c17-15-11-12-18(13-7-3-1-4-8-13)16(15)19-14-9-5-2-6-10-14/h1-12H. The molecule has 0 atom stereocenters. The van der Waals surface area contributed by atoms with Crippen molar-refractivity contribution in [3.05, 3.63) is 78.7 Å². The van der Waals surface area contributed by atoms with Crippen molar-refractivity contribution in [3.8, 4) is 17.3 Å². The van der Waals surface area contributed by atoms with E-state index < -0.39 is 0 Å². The summed E-state index contributed by atoms with van der Waals surface area (Å²) in [6.07, 6.45) is 1.66. The predicted octanol–water partition coefficient (Wildman–Crippen LogP) is 4.41. The summed E-state index contributed by atoms with van der Waals surface area (Å²) in [5.74, 6) is 0.419. The first-order valence-electron chi connectivity index (χ1n) is 6.00. The number of halogens is 1. The molecule has 0 radical (unpaired) electrons. The van der Waals surface area contributed by atoms with Crippen LogP contribution in [0.4, 0.5) is 4.39 Å². The summed E-state index contributed by atoms with van der Waals surface area (Å²) in [4.78, 5) is 0. The highest BCUT2D eigenvalue weighted by molar-refractivity contribution is 5.39. The Morgan fingerprint density at radius 1 is 0.789 bits per heavy atom. The molecular formula is C16H12FNO. The van der Waals surface area contributed by atoms with Crippen molar-refractivity contribution in [1.29, 1.82) is 0 Å². The van der Waals surface area contributed by atoms with Crippen LogP contribution >= 0.6 is 0 Å². The van der Waals surface area contributed by atoms with Gasteiger partial charge < -0.3 is 4.74 Å². The summed E-state index contributed by atoms with van der Waals surface area (Å²) in [5, 5.41) is 0. The van der Waals surface area contributed by atoms with Crippen LogP contribution in [0.2, 0.25) is 0 Å².